The van der Waals surface area contributed by atoms with E-state index in [0.717, 1.165) is 35.2 Å². The van der Waals surface area contributed by atoms with Crippen molar-refractivity contribution in [3.05, 3.63) is 45.9 Å². The molecule has 0 aliphatic carbocycles. The number of thiazole rings is 1. The van der Waals surface area contributed by atoms with Gasteiger partial charge in [-0.05, 0) is 56.6 Å². The Balaban J connectivity index is 1.59. The molecule has 1 aliphatic rings. The van der Waals surface area contributed by atoms with E-state index in [9.17, 15) is 5.26 Å². The number of hydrogen-bond acceptors (Lipinski definition) is 5. The second-order valence-electron chi connectivity index (χ2n) is 5.93. The van der Waals surface area contributed by atoms with Gasteiger partial charge in [-0.1, -0.05) is 12.1 Å². The lowest BCUT2D eigenvalue weighted by Gasteiger charge is -2.14. The Morgan fingerprint density at radius 2 is 2.08 bits per heavy atom. The van der Waals surface area contributed by atoms with Crippen LogP contribution < -0.4 is 4.74 Å². The highest BCUT2D eigenvalue weighted by Crippen LogP contribution is 2.22. The maximum Gasteiger partial charge on any atom is 0.134 e. The molecule has 0 atom stereocenters. The molecule has 1 saturated heterocycles. The number of benzene rings is 1. The molecule has 1 aliphatic heterocycles. The molecular formula is C19H21N3OS. The normalized spacial score (nSPS) is 15.4. The molecule has 124 valence electrons. The maximum atomic E-state index is 9.34. The summed E-state index contributed by atoms with van der Waals surface area (Å²) in [7, 11) is 0. The summed E-state index contributed by atoms with van der Waals surface area (Å²) in [6.07, 6.45) is 4.48. The fourth-order valence-electron chi connectivity index (χ4n) is 2.75. The molecule has 0 bridgehead atoms. The third-order valence-corrected chi connectivity index (χ3v) is 5.03. The van der Waals surface area contributed by atoms with E-state index in [4.69, 9.17) is 4.74 Å². The summed E-state index contributed by atoms with van der Waals surface area (Å²) < 4.78 is 5.80. The van der Waals surface area contributed by atoms with Crippen LogP contribution in [0.15, 0.2) is 29.6 Å². The lowest BCUT2D eigenvalue weighted by molar-refractivity contribution is 0.238. The third kappa shape index (κ3) is 4.44. The lowest BCUT2D eigenvalue weighted by atomic mass is 10.1. The minimum atomic E-state index is 0.593. The predicted molar refractivity (Wildman–Crippen MR) is 97.9 cm³/mol. The Labute approximate surface area is 147 Å². The highest BCUT2D eigenvalue weighted by Gasteiger charge is 2.10. The van der Waals surface area contributed by atoms with Crippen LogP contribution >= 0.6 is 11.3 Å². The van der Waals surface area contributed by atoms with E-state index in [1.54, 1.807) is 0 Å². The van der Waals surface area contributed by atoms with E-state index in [1.165, 1.54) is 37.3 Å². The zero-order valence-corrected chi connectivity index (χ0v) is 14.7. The topological polar surface area (TPSA) is 49.1 Å². The number of nitriles is 1. The summed E-state index contributed by atoms with van der Waals surface area (Å²) >= 11 is 1.50. The van der Waals surface area contributed by atoms with Gasteiger partial charge in [0.25, 0.3) is 0 Å². The monoisotopic (exact) mass is 339 g/mol. The number of likely N-dealkylation sites (tertiary alicyclic amines) is 1. The molecule has 0 spiro atoms. The van der Waals surface area contributed by atoms with Gasteiger partial charge < -0.3 is 4.74 Å². The van der Waals surface area contributed by atoms with Gasteiger partial charge in [-0.2, -0.15) is 5.26 Å². The molecule has 4 nitrogen and oxygen atoms in total. The molecule has 1 aromatic heterocycles. The van der Waals surface area contributed by atoms with Gasteiger partial charge in [-0.25, -0.2) is 4.98 Å². The molecule has 24 heavy (non-hydrogen) atoms. The van der Waals surface area contributed by atoms with Crippen LogP contribution in [0.5, 0.6) is 5.75 Å². The van der Waals surface area contributed by atoms with E-state index < -0.39 is 0 Å². The second kappa shape index (κ2) is 8.09. The smallest absolute Gasteiger partial charge is 0.134 e. The minimum Gasteiger partial charge on any atom is -0.492 e. The van der Waals surface area contributed by atoms with Gasteiger partial charge in [-0.3, -0.25) is 4.90 Å². The van der Waals surface area contributed by atoms with Gasteiger partial charge in [0, 0.05) is 17.6 Å². The Morgan fingerprint density at radius 1 is 1.33 bits per heavy atom. The summed E-state index contributed by atoms with van der Waals surface area (Å²) in [6.45, 7) is 6.03. The van der Waals surface area contributed by atoms with E-state index >= 15 is 0 Å². The van der Waals surface area contributed by atoms with Crippen LogP contribution in [0.25, 0.3) is 11.6 Å². The average Bonchev–Trinajstić information content (AvgIpc) is 3.26. The zero-order valence-electron chi connectivity index (χ0n) is 13.9. The van der Waals surface area contributed by atoms with Crippen molar-refractivity contribution in [1.29, 1.82) is 5.26 Å². The van der Waals surface area contributed by atoms with E-state index in [2.05, 4.69) is 16.0 Å². The Kier molecular flexibility index (Phi) is 5.63. The molecule has 1 fully saturated rings. The van der Waals surface area contributed by atoms with Gasteiger partial charge in [-0.15, -0.1) is 11.3 Å². The SMILES string of the molecule is Cc1csc(/C(C#N)=C/c2ccc(OCCN3CCCC3)cc2)n1. The summed E-state index contributed by atoms with van der Waals surface area (Å²) in [6, 6.07) is 10.1. The predicted octanol–water partition coefficient (Wildman–Crippen LogP) is 3.99. The van der Waals surface area contributed by atoms with Crippen LogP contribution in [0.2, 0.25) is 0 Å². The molecule has 5 heteroatoms. The number of aromatic nitrogens is 1. The molecular weight excluding hydrogens is 318 g/mol. The van der Waals surface area contributed by atoms with Crippen molar-refractivity contribution in [3.63, 3.8) is 0 Å². The molecule has 2 aromatic rings. The van der Waals surface area contributed by atoms with Crippen LogP contribution in [0.4, 0.5) is 0 Å². The Hall–Kier alpha value is -2.16. The van der Waals surface area contributed by atoms with Crippen LogP contribution in [0.1, 0.15) is 29.1 Å². The molecule has 0 N–H and O–H groups in total. The summed E-state index contributed by atoms with van der Waals surface area (Å²) in [5.41, 5.74) is 2.51. The number of rotatable bonds is 6. The number of aryl methyl sites for hydroxylation is 1. The highest BCUT2D eigenvalue weighted by molar-refractivity contribution is 7.11. The van der Waals surface area contributed by atoms with E-state index in [-0.39, 0.29) is 0 Å². The number of hydrogen-bond donors (Lipinski definition) is 0. The van der Waals surface area contributed by atoms with E-state index in [0.29, 0.717) is 5.57 Å². The van der Waals surface area contributed by atoms with Gasteiger partial charge in [0.05, 0.1) is 5.57 Å². The fraction of sp³-hybridized carbons (Fsp3) is 0.368. The molecule has 0 amide bonds. The largest absolute Gasteiger partial charge is 0.492 e. The molecule has 0 saturated carbocycles. The lowest BCUT2D eigenvalue weighted by Crippen LogP contribution is -2.25. The van der Waals surface area contributed by atoms with Crippen LogP contribution in [-0.4, -0.2) is 36.1 Å². The highest BCUT2D eigenvalue weighted by atomic mass is 32.1. The number of allylic oxidation sites excluding steroid dienone is 1. The molecule has 0 unspecified atom stereocenters. The van der Waals surface area contributed by atoms with Crippen molar-refractivity contribution in [3.8, 4) is 11.8 Å². The van der Waals surface area contributed by atoms with Crippen LogP contribution in [-0.2, 0) is 0 Å². The fourth-order valence-corrected chi connectivity index (χ4v) is 3.51. The van der Waals surface area contributed by atoms with Crippen molar-refractivity contribution >= 4 is 23.0 Å². The summed E-state index contributed by atoms with van der Waals surface area (Å²) in [5.74, 6) is 0.870. The molecule has 3 rings (SSSR count). The van der Waals surface area contributed by atoms with Gasteiger partial charge >= 0.3 is 0 Å². The minimum absolute atomic E-state index is 0.593. The van der Waals surface area contributed by atoms with Crippen molar-refractivity contribution in [2.24, 2.45) is 0 Å². The second-order valence-corrected chi connectivity index (χ2v) is 6.79. The Morgan fingerprint density at radius 3 is 2.71 bits per heavy atom. The first-order valence-corrected chi connectivity index (χ1v) is 9.12. The van der Waals surface area contributed by atoms with Crippen LogP contribution in [0, 0.1) is 18.3 Å². The summed E-state index contributed by atoms with van der Waals surface area (Å²) in [5, 5.41) is 12.1. The standard InChI is InChI=1S/C19H21N3OS/c1-15-14-24-19(21-15)17(13-20)12-16-4-6-18(7-5-16)23-11-10-22-8-2-3-9-22/h4-7,12,14H,2-3,8-11H2,1H3/b17-12+. The van der Waals surface area contributed by atoms with Gasteiger partial charge in [0.2, 0.25) is 0 Å². The first-order chi connectivity index (χ1) is 11.7. The van der Waals surface area contributed by atoms with Crippen molar-refractivity contribution < 1.29 is 4.74 Å². The van der Waals surface area contributed by atoms with Crippen molar-refractivity contribution in [1.82, 2.24) is 9.88 Å². The average molecular weight is 339 g/mol. The summed E-state index contributed by atoms with van der Waals surface area (Å²) in [4.78, 5) is 6.81. The number of nitrogens with zero attached hydrogens (tertiary/aromatic N) is 3. The quantitative estimate of drug-likeness (QED) is 0.747. The van der Waals surface area contributed by atoms with Gasteiger partial charge in [0.1, 0.15) is 23.4 Å². The van der Waals surface area contributed by atoms with Gasteiger partial charge in [0.15, 0.2) is 0 Å². The maximum absolute atomic E-state index is 9.34. The van der Waals surface area contributed by atoms with Crippen molar-refractivity contribution in [2.45, 2.75) is 19.8 Å². The zero-order chi connectivity index (χ0) is 16.8. The number of ether oxygens (including phenoxy) is 1. The van der Waals surface area contributed by atoms with Crippen molar-refractivity contribution in [2.75, 3.05) is 26.2 Å². The third-order valence-electron chi connectivity index (χ3n) is 4.04. The van der Waals surface area contributed by atoms with E-state index in [1.807, 2.05) is 42.6 Å². The first-order valence-electron chi connectivity index (χ1n) is 8.24. The van der Waals surface area contributed by atoms with Crippen LogP contribution in [0.3, 0.4) is 0 Å². The first kappa shape index (κ1) is 16.7. The molecule has 2 heterocycles. The molecule has 0 radical (unpaired) electrons. The Bertz CT molecular complexity index is 737. The molecule has 1 aromatic carbocycles.